The summed E-state index contributed by atoms with van der Waals surface area (Å²) in [7, 11) is 3.46. The van der Waals surface area contributed by atoms with Crippen LogP contribution in [0.4, 0.5) is 5.69 Å². The lowest BCUT2D eigenvalue weighted by atomic mass is 9.57. The molecule has 206 valence electrons. The highest BCUT2D eigenvalue weighted by molar-refractivity contribution is 6.24. The number of phenolic OH excluding ortho intramolecular Hbond substituents is 1. The molecule has 3 amide bonds. The number of carbonyl (C=O) groups is 5. The molecule has 1 aromatic carbocycles. The molecule has 2 unspecified atom stereocenters. The van der Waals surface area contributed by atoms with Crippen LogP contribution in [0.5, 0.6) is 5.75 Å². The van der Waals surface area contributed by atoms with E-state index in [1.54, 1.807) is 25.1 Å². The van der Waals surface area contributed by atoms with E-state index in [0.29, 0.717) is 11.3 Å². The van der Waals surface area contributed by atoms with Gasteiger partial charge in [-0.05, 0) is 30.4 Å². The van der Waals surface area contributed by atoms with E-state index in [1.165, 1.54) is 6.92 Å². The summed E-state index contributed by atoms with van der Waals surface area (Å²) >= 11 is 0. The fraction of sp³-hybridized carbons (Fsp3) is 0.444. The first-order chi connectivity index (χ1) is 18.2. The molecule has 5 rings (SSSR count). The number of phenols is 1. The molecule has 1 fully saturated rings. The van der Waals surface area contributed by atoms with E-state index in [4.69, 9.17) is 5.73 Å². The molecule has 4 aliphatic rings. The summed E-state index contributed by atoms with van der Waals surface area (Å²) in [4.78, 5) is 66.3. The van der Waals surface area contributed by atoms with Crippen molar-refractivity contribution in [1.29, 1.82) is 0 Å². The summed E-state index contributed by atoms with van der Waals surface area (Å²) in [5.41, 5.74) is 2.48. The van der Waals surface area contributed by atoms with Crippen molar-refractivity contribution < 1.29 is 44.4 Å². The van der Waals surface area contributed by atoms with Crippen LogP contribution < -0.4 is 10.6 Å². The normalized spacial score (nSPS) is 28.5. The molecule has 0 spiro atoms. The lowest BCUT2D eigenvalue weighted by molar-refractivity contribution is -0.147. The van der Waals surface area contributed by atoms with Crippen molar-refractivity contribution in [2.75, 3.05) is 19.0 Å². The Bertz CT molecular complexity index is 1440. The second-order valence-electron chi connectivity index (χ2n) is 10.9. The van der Waals surface area contributed by atoms with Crippen molar-refractivity contribution in [2.24, 2.45) is 23.5 Å². The number of amides is 3. The van der Waals surface area contributed by atoms with Gasteiger partial charge in [-0.15, -0.1) is 0 Å². The van der Waals surface area contributed by atoms with Gasteiger partial charge in [0.25, 0.3) is 5.91 Å². The van der Waals surface area contributed by atoms with E-state index >= 15 is 0 Å². The highest BCUT2D eigenvalue weighted by atomic mass is 16.3. The van der Waals surface area contributed by atoms with Gasteiger partial charge in [-0.2, -0.15) is 0 Å². The molecule has 1 aromatic rings. The van der Waals surface area contributed by atoms with Crippen LogP contribution in [0.15, 0.2) is 28.7 Å². The third-order valence-electron chi connectivity index (χ3n) is 8.56. The Morgan fingerprint density at radius 2 is 1.74 bits per heavy atom. The van der Waals surface area contributed by atoms with E-state index in [-0.39, 0.29) is 48.9 Å². The van der Waals surface area contributed by atoms with Crippen molar-refractivity contribution >= 4 is 35.0 Å². The van der Waals surface area contributed by atoms with E-state index in [0.717, 1.165) is 4.90 Å². The quantitative estimate of drug-likeness (QED) is 0.266. The molecule has 1 saturated heterocycles. The maximum absolute atomic E-state index is 13.9. The zero-order chi connectivity index (χ0) is 28.7. The Balaban J connectivity index is 1.68. The topological polar surface area (TPSA) is 199 Å². The standard InChI is InChI=1S/C27H29N3O9/c1-10-14-7-11-6-13-15(29(2)3)8-12(9-30-16(31)4-5-17(30)32)22(34)19(13)23(35)18(11)24(36)27(14,39)25(37)20(21(10)33)26(28)38/h8,10-11,14,33-34,36,39H,4-7,9H2,1-3H3,(H2,28,38)/t10-,11?,14?,27-/m0/s1. The average molecular weight is 540 g/mol. The van der Waals surface area contributed by atoms with Gasteiger partial charge in [0.2, 0.25) is 17.6 Å². The van der Waals surface area contributed by atoms with Crippen molar-refractivity contribution in [2.45, 2.75) is 44.8 Å². The molecule has 1 aliphatic heterocycles. The second-order valence-corrected chi connectivity index (χ2v) is 10.9. The third kappa shape index (κ3) is 3.50. The molecule has 12 nitrogen and oxygen atoms in total. The van der Waals surface area contributed by atoms with Crippen molar-refractivity contribution in [1.82, 2.24) is 4.90 Å². The summed E-state index contributed by atoms with van der Waals surface area (Å²) in [5, 5.41) is 44.6. The largest absolute Gasteiger partial charge is 0.511 e. The van der Waals surface area contributed by atoms with Crippen molar-refractivity contribution in [3.8, 4) is 5.75 Å². The van der Waals surface area contributed by atoms with Gasteiger partial charge in [0.05, 0.1) is 12.1 Å². The SMILES string of the molecule is C[C@@H]1C(O)=C(C(N)=O)C(=O)[C@@]2(O)C(O)=C3C(=O)c4c(O)c(CN5C(=O)CCC5=O)cc(N(C)C)c4CC3CC12. The van der Waals surface area contributed by atoms with E-state index < -0.39 is 75.5 Å². The van der Waals surface area contributed by atoms with Gasteiger partial charge in [-0.3, -0.25) is 28.9 Å². The van der Waals surface area contributed by atoms with Gasteiger partial charge in [0, 0.05) is 55.6 Å². The number of imide groups is 1. The number of aromatic hydroxyl groups is 1. The smallest absolute Gasteiger partial charge is 0.255 e. The number of fused-ring (bicyclic) bond motifs is 3. The van der Waals surface area contributed by atoms with Gasteiger partial charge < -0.3 is 31.1 Å². The van der Waals surface area contributed by atoms with Crippen LogP contribution in [0.3, 0.4) is 0 Å². The summed E-state index contributed by atoms with van der Waals surface area (Å²) in [6.07, 6.45) is 0.256. The molecule has 4 atom stereocenters. The molecule has 3 aliphatic carbocycles. The maximum Gasteiger partial charge on any atom is 0.255 e. The van der Waals surface area contributed by atoms with Crippen LogP contribution in [-0.4, -0.2) is 74.3 Å². The molecule has 1 heterocycles. The highest BCUT2D eigenvalue weighted by Crippen LogP contribution is 2.54. The number of allylic oxidation sites excluding steroid dienone is 2. The molecule has 0 radical (unpaired) electrons. The Hall–Kier alpha value is -4.19. The molecule has 39 heavy (non-hydrogen) atoms. The zero-order valence-corrected chi connectivity index (χ0v) is 21.6. The van der Waals surface area contributed by atoms with Crippen LogP contribution in [-0.2, 0) is 32.1 Å². The van der Waals surface area contributed by atoms with Crippen LogP contribution in [0.25, 0.3) is 0 Å². The van der Waals surface area contributed by atoms with E-state index in [9.17, 15) is 44.4 Å². The molecule has 12 heteroatoms. The first kappa shape index (κ1) is 26.4. The van der Waals surface area contributed by atoms with Gasteiger partial charge >= 0.3 is 0 Å². The van der Waals surface area contributed by atoms with E-state index in [2.05, 4.69) is 0 Å². The molecular formula is C27H29N3O9. The number of rotatable bonds is 4. The summed E-state index contributed by atoms with van der Waals surface area (Å²) in [6, 6.07) is 1.61. The molecule has 6 N–H and O–H groups in total. The van der Waals surface area contributed by atoms with Crippen LogP contribution in [0.2, 0.25) is 0 Å². The second kappa shape index (κ2) is 8.67. The van der Waals surface area contributed by atoms with Gasteiger partial charge in [-0.25, -0.2) is 0 Å². The Kier molecular flexibility index (Phi) is 5.87. The van der Waals surface area contributed by atoms with Gasteiger partial charge in [0.15, 0.2) is 11.4 Å². The first-order valence-electron chi connectivity index (χ1n) is 12.6. The summed E-state index contributed by atoms with van der Waals surface area (Å²) < 4.78 is 0. The minimum Gasteiger partial charge on any atom is -0.511 e. The average Bonchev–Trinajstić information content (AvgIpc) is 3.17. The number of primary amides is 1. The molecule has 0 aromatic heterocycles. The minimum atomic E-state index is -2.68. The number of aliphatic hydroxyl groups excluding tert-OH is 2. The third-order valence-corrected chi connectivity index (χ3v) is 8.56. The lowest BCUT2D eigenvalue weighted by Gasteiger charge is -2.48. The van der Waals surface area contributed by atoms with Crippen molar-refractivity contribution in [3.05, 3.63) is 45.4 Å². The van der Waals surface area contributed by atoms with Crippen molar-refractivity contribution in [3.63, 3.8) is 0 Å². The lowest BCUT2D eigenvalue weighted by Crippen LogP contribution is -2.59. The fourth-order valence-electron chi connectivity index (χ4n) is 6.53. The van der Waals surface area contributed by atoms with Crippen LogP contribution in [0.1, 0.15) is 47.7 Å². The number of nitrogens with two attached hydrogens (primary N) is 1. The number of aliphatic hydroxyl groups is 3. The maximum atomic E-state index is 13.9. The number of likely N-dealkylation sites (tertiary alicyclic amines) is 1. The monoisotopic (exact) mass is 539 g/mol. The number of ketones is 2. The molecule has 0 bridgehead atoms. The number of nitrogens with zero attached hydrogens (tertiary/aromatic N) is 2. The number of benzene rings is 1. The first-order valence-corrected chi connectivity index (χ1v) is 12.6. The fourth-order valence-corrected chi connectivity index (χ4v) is 6.53. The molecular weight excluding hydrogens is 510 g/mol. The van der Waals surface area contributed by atoms with Crippen LogP contribution in [0, 0.1) is 17.8 Å². The Morgan fingerprint density at radius 3 is 2.31 bits per heavy atom. The van der Waals surface area contributed by atoms with E-state index in [1.807, 2.05) is 0 Å². The highest BCUT2D eigenvalue weighted by Gasteiger charge is 2.62. The predicted molar refractivity (Wildman–Crippen MR) is 134 cm³/mol. The summed E-state index contributed by atoms with van der Waals surface area (Å²) in [5.74, 6) is -8.87. The Labute approximate surface area is 223 Å². The minimum absolute atomic E-state index is 0.0102. The van der Waals surface area contributed by atoms with Crippen LogP contribution >= 0.6 is 0 Å². The number of carbonyl (C=O) groups excluding carboxylic acids is 5. The number of Topliss-reactive ketones (excluding diaryl/α,β-unsaturated/α-hetero) is 2. The number of anilines is 1. The van der Waals surface area contributed by atoms with Gasteiger partial charge in [0.1, 0.15) is 22.8 Å². The zero-order valence-electron chi connectivity index (χ0n) is 21.6. The number of hydrogen-bond acceptors (Lipinski definition) is 10. The number of hydrogen-bond donors (Lipinski definition) is 5. The van der Waals surface area contributed by atoms with Gasteiger partial charge in [-0.1, -0.05) is 6.92 Å². The molecule has 0 saturated carbocycles. The summed E-state index contributed by atoms with van der Waals surface area (Å²) in [6.45, 7) is 1.23. The Morgan fingerprint density at radius 1 is 1.13 bits per heavy atom. The predicted octanol–water partition coefficient (Wildman–Crippen LogP) is 0.542.